The molecule has 0 saturated carbocycles. The van der Waals surface area contributed by atoms with Crippen LogP contribution < -0.4 is 19.1 Å². The van der Waals surface area contributed by atoms with E-state index < -0.39 is 23.7 Å². The summed E-state index contributed by atoms with van der Waals surface area (Å²) in [6.45, 7) is 11.0. The number of aromatic nitrogens is 1. The second-order valence-corrected chi connectivity index (χ2v) is 13.1. The molecule has 1 saturated heterocycles. The third-order valence-corrected chi connectivity index (χ3v) is 8.96. The Morgan fingerprint density at radius 1 is 0.958 bits per heavy atom. The number of hydrogen-bond acceptors (Lipinski definition) is 10. The predicted octanol–water partition coefficient (Wildman–Crippen LogP) is 8.04. The Morgan fingerprint density at radius 3 is 2.33 bits per heavy atom. The topological polar surface area (TPSA) is 124 Å². The summed E-state index contributed by atoms with van der Waals surface area (Å²) in [5, 5.41) is 11.8. The molecule has 0 bridgehead atoms. The predicted molar refractivity (Wildman–Crippen MR) is 186 cm³/mol. The first kappa shape index (κ1) is 36.5. The number of methoxy groups -OCH3 is 1. The molecule has 1 amide bonds. The second kappa shape index (κ2) is 17.1. The van der Waals surface area contributed by atoms with Crippen molar-refractivity contribution >= 4 is 39.9 Å². The first-order valence-corrected chi connectivity index (χ1v) is 17.4. The van der Waals surface area contributed by atoms with Crippen molar-refractivity contribution in [3.63, 3.8) is 0 Å². The lowest BCUT2D eigenvalue weighted by Gasteiger charge is -2.24. The first-order chi connectivity index (χ1) is 23.1. The third-order valence-electron chi connectivity index (χ3n) is 7.82. The fraction of sp³-hybridized carbons (Fsp3) is 0.459. The maximum absolute atomic E-state index is 13.8. The smallest absolute Gasteiger partial charge is 0.350 e. The largest absolute Gasteiger partial charge is 0.507 e. The number of aliphatic hydroxyl groups is 1. The number of benzene rings is 2. The molecular formula is C37H46N2O8S. The number of anilines is 1. The van der Waals surface area contributed by atoms with Gasteiger partial charge in [-0.15, -0.1) is 0 Å². The van der Waals surface area contributed by atoms with Gasteiger partial charge in [-0.3, -0.25) is 14.5 Å². The fourth-order valence-corrected chi connectivity index (χ4v) is 6.20. The molecule has 10 nitrogen and oxygen atoms in total. The van der Waals surface area contributed by atoms with E-state index in [9.17, 15) is 19.5 Å². The zero-order valence-corrected chi connectivity index (χ0v) is 29.5. The van der Waals surface area contributed by atoms with Crippen LogP contribution in [0.15, 0.2) is 48.0 Å². The Kier molecular flexibility index (Phi) is 13.0. The SMILES string of the molecule is CCCCCCOc1ccc(C2/C(=C(/O)c3ccc(OCCCC)cc3)C(=O)C(=O)N2c2nc(C)c(C(=O)OCC(C)C)s2)cc1OC. The van der Waals surface area contributed by atoms with Gasteiger partial charge < -0.3 is 24.1 Å². The Bertz CT molecular complexity index is 1610. The molecule has 1 aliphatic heterocycles. The van der Waals surface area contributed by atoms with Crippen molar-refractivity contribution in [1.29, 1.82) is 0 Å². The number of nitrogens with zero attached hydrogens (tertiary/aromatic N) is 2. The molecule has 1 fully saturated rings. The average molecular weight is 679 g/mol. The highest BCUT2D eigenvalue weighted by Crippen LogP contribution is 2.45. The second-order valence-electron chi connectivity index (χ2n) is 12.1. The van der Waals surface area contributed by atoms with Crippen molar-refractivity contribution in [2.24, 2.45) is 5.92 Å². The van der Waals surface area contributed by atoms with Gasteiger partial charge in [-0.2, -0.15) is 0 Å². The van der Waals surface area contributed by atoms with Gasteiger partial charge in [0.05, 0.1) is 44.2 Å². The van der Waals surface area contributed by atoms with Crippen LogP contribution in [0.25, 0.3) is 5.76 Å². The Labute approximate surface area is 286 Å². The van der Waals surface area contributed by atoms with Gasteiger partial charge in [-0.05, 0) is 67.6 Å². The molecule has 2 aromatic carbocycles. The van der Waals surface area contributed by atoms with Gasteiger partial charge >= 0.3 is 11.9 Å². The van der Waals surface area contributed by atoms with Crippen molar-refractivity contribution < 1.29 is 38.4 Å². The zero-order valence-electron chi connectivity index (χ0n) is 28.7. The van der Waals surface area contributed by atoms with Gasteiger partial charge in [0.1, 0.15) is 16.4 Å². The van der Waals surface area contributed by atoms with Gasteiger partial charge in [0.2, 0.25) is 0 Å². The van der Waals surface area contributed by atoms with E-state index in [0.717, 1.165) is 49.9 Å². The first-order valence-electron chi connectivity index (χ1n) is 16.6. The highest BCUT2D eigenvalue weighted by Gasteiger charge is 2.48. The quantitative estimate of drug-likeness (QED) is 0.0497. The minimum Gasteiger partial charge on any atom is -0.507 e. The van der Waals surface area contributed by atoms with E-state index >= 15 is 0 Å². The van der Waals surface area contributed by atoms with Crippen LogP contribution in [0.2, 0.25) is 0 Å². The molecule has 48 heavy (non-hydrogen) atoms. The van der Waals surface area contributed by atoms with Gasteiger partial charge in [0.25, 0.3) is 5.78 Å². The number of aryl methyl sites for hydroxylation is 1. The Balaban J connectivity index is 1.78. The zero-order chi connectivity index (χ0) is 34.8. The van der Waals surface area contributed by atoms with E-state index in [4.69, 9.17) is 18.9 Å². The van der Waals surface area contributed by atoms with Crippen molar-refractivity contribution in [3.8, 4) is 17.2 Å². The molecule has 0 aliphatic carbocycles. The summed E-state index contributed by atoms with van der Waals surface area (Å²) in [6, 6.07) is 10.8. The molecule has 2 heterocycles. The summed E-state index contributed by atoms with van der Waals surface area (Å²) in [4.78, 5) is 46.5. The highest BCUT2D eigenvalue weighted by atomic mass is 32.1. The molecule has 258 valence electrons. The maximum Gasteiger partial charge on any atom is 0.350 e. The van der Waals surface area contributed by atoms with Crippen LogP contribution in [-0.4, -0.2) is 54.7 Å². The van der Waals surface area contributed by atoms with Gasteiger partial charge in [0, 0.05) is 5.56 Å². The van der Waals surface area contributed by atoms with Gasteiger partial charge in [0.15, 0.2) is 16.6 Å². The highest BCUT2D eigenvalue weighted by molar-refractivity contribution is 7.17. The van der Waals surface area contributed by atoms with Crippen molar-refractivity contribution in [1.82, 2.24) is 4.98 Å². The molecule has 0 spiro atoms. The molecule has 1 atom stereocenters. The van der Waals surface area contributed by atoms with Crippen molar-refractivity contribution in [3.05, 3.63) is 69.7 Å². The van der Waals surface area contributed by atoms with Gasteiger partial charge in [-0.1, -0.05) is 70.8 Å². The number of amides is 1. The molecule has 0 radical (unpaired) electrons. The summed E-state index contributed by atoms with van der Waals surface area (Å²) >= 11 is 0.963. The third kappa shape index (κ3) is 8.55. The average Bonchev–Trinajstić information content (AvgIpc) is 3.59. The number of aliphatic hydroxyl groups excluding tert-OH is 1. The number of ketones is 1. The van der Waals surface area contributed by atoms with E-state index in [2.05, 4.69) is 18.8 Å². The number of Topliss-reactive ketones (excluding diaryl/α,β-unsaturated/α-hetero) is 1. The number of unbranched alkanes of at least 4 members (excludes halogenated alkanes) is 4. The molecule has 1 aliphatic rings. The minimum absolute atomic E-state index is 0.119. The van der Waals surface area contributed by atoms with Crippen LogP contribution in [0, 0.1) is 12.8 Å². The van der Waals surface area contributed by atoms with Crippen LogP contribution in [-0.2, 0) is 14.3 Å². The molecule has 1 aromatic heterocycles. The summed E-state index contributed by atoms with van der Waals surface area (Å²) in [7, 11) is 1.52. The lowest BCUT2D eigenvalue weighted by molar-refractivity contribution is -0.132. The molecular weight excluding hydrogens is 632 g/mol. The molecule has 4 rings (SSSR count). The number of carbonyl (C=O) groups excluding carboxylic acids is 3. The van der Waals surface area contributed by atoms with E-state index in [1.807, 2.05) is 13.8 Å². The summed E-state index contributed by atoms with van der Waals surface area (Å²) in [6.07, 6.45) is 6.09. The fourth-order valence-electron chi connectivity index (χ4n) is 5.21. The normalized spacial score (nSPS) is 15.6. The van der Waals surface area contributed by atoms with Crippen LogP contribution in [0.3, 0.4) is 0 Å². The van der Waals surface area contributed by atoms with E-state index in [1.54, 1.807) is 49.4 Å². The lowest BCUT2D eigenvalue weighted by atomic mass is 9.95. The van der Waals surface area contributed by atoms with E-state index in [1.165, 1.54) is 12.0 Å². The number of esters is 1. The number of thiazole rings is 1. The Morgan fingerprint density at radius 2 is 1.67 bits per heavy atom. The van der Waals surface area contributed by atoms with E-state index in [-0.39, 0.29) is 33.9 Å². The van der Waals surface area contributed by atoms with Crippen LogP contribution in [0.1, 0.15) is 98.8 Å². The monoisotopic (exact) mass is 678 g/mol. The minimum atomic E-state index is -1.08. The number of hydrogen-bond donors (Lipinski definition) is 1. The Hall–Kier alpha value is -4.38. The van der Waals surface area contributed by atoms with E-state index in [0.29, 0.717) is 47.3 Å². The van der Waals surface area contributed by atoms with Crippen LogP contribution >= 0.6 is 11.3 Å². The number of ether oxygens (including phenoxy) is 4. The summed E-state index contributed by atoms with van der Waals surface area (Å²) < 4.78 is 22.9. The molecule has 11 heteroatoms. The summed E-state index contributed by atoms with van der Waals surface area (Å²) in [5.74, 6) is -0.969. The standard InChI is InChI=1S/C37H46N2O8S/c1-7-9-11-12-20-46-28-18-15-26(21-29(28)44-6)31-30(32(40)25-13-16-27(17-14-25)45-19-10-8-2)33(41)35(42)39(31)37-38-24(5)34(48-37)36(43)47-22-23(3)4/h13-18,21,23,31,40H,7-12,19-20,22H2,1-6H3/b32-30-. The maximum atomic E-state index is 13.8. The lowest BCUT2D eigenvalue weighted by Crippen LogP contribution is -2.29. The van der Waals surface area contributed by atoms with Crippen molar-refractivity contribution in [2.75, 3.05) is 31.8 Å². The summed E-state index contributed by atoms with van der Waals surface area (Å²) in [5.41, 5.74) is 1.08. The van der Waals surface area contributed by atoms with Crippen LogP contribution in [0.4, 0.5) is 5.13 Å². The molecule has 3 aromatic rings. The molecule has 1 N–H and O–H groups in total. The van der Waals surface area contributed by atoms with Crippen molar-refractivity contribution in [2.45, 2.75) is 79.2 Å². The van der Waals surface area contributed by atoms with Crippen LogP contribution in [0.5, 0.6) is 17.2 Å². The van der Waals surface area contributed by atoms with Gasteiger partial charge in [-0.25, -0.2) is 9.78 Å². The number of carbonyl (C=O) groups is 3. The number of rotatable bonds is 17. The molecule has 1 unspecified atom stereocenters.